The first-order valence-electron chi connectivity index (χ1n) is 9.00. The molecule has 1 aromatic heterocycles. The number of nitrogens with zero attached hydrogens (tertiary/aromatic N) is 1. The Labute approximate surface area is 148 Å². The summed E-state index contributed by atoms with van der Waals surface area (Å²) in [5, 5.41) is 1.01. The number of benzene rings is 1. The number of hydrogen-bond donors (Lipinski definition) is 1. The highest BCUT2D eigenvalue weighted by Gasteiger charge is 2.22. The Morgan fingerprint density at radius 3 is 2.80 bits per heavy atom. The van der Waals surface area contributed by atoms with Gasteiger partial charge >= 0.3 is 0 Å². The van der Waals surface area contributed by atoms with Crippen molar-refractivity contribution in [1.82, 2.24) is 9.88 Å². The van der Waals surface area contributed by atoms with E-state index >= 15 is 0 Å². The van der Waals surface area contributed by atoms with Crippen molar-refractivity contribution in [3.8, 4) is 0 Å². The van der Waals surface area contributed by atoms with E-state index in [1.807, 2.05) is 26.8 Å². The summed E-state index contributed by atoms with van der Waals surface area (Å²) in [5.74, 6) is 0.0513. The van der Waals surface area contributed by atoms with Crippen LogP contribution in [-0.2, 0) is 16.1 Å². The highest BCUT2D eigenvalue weighted by molar-refractivity contribution is 5.83. The Kier molecular flexibility index (Phi) is 5.23. The van der Waals surface area contributed by atoms with E-state index in [1.54, 1.807) is 4.90 Å². The third kappa shape index (κ3) is 3.93. The summed E-state index contributed by atoms with van der Waals surface area (Å²) in [4.78, 5) is 29.6. The van der Waals surface area contributed by atoms with Gasteiger partial charge in [0.2, 0.25) is 5.91 Å². The average molecular weight is 342 g/mol. The van der Waals surface area contributed by atoms with Crippen molar-refractivity contribution in [1.29, 1.82) is 0 Å². The van der Waals surface area contributed by atoms with E-state index in [4.69, 9.17) is 4.74 Å². The molecule has 1 N–H and O–H groups in total. The molecule has 0 radical (unpaired) electrons. The molecule has 1 aliphatic heterocycles. The molecule has 1 aliphatic rings. The predicted octanol–water partition coefficient (Wildman–Crippen LogP) is 3.06. The second-order valence-corrected chi connectivity index (χ2v) is 6.93. The van der Waals surface area contributed by atoms with Crippen molar-refractivity contribution in [3.63, 3.8) is 0 Å². The number of carbonyl (C=O) groups is 1. The summed E-state index contributed by atoms with van der Waals surface area (Å²) < 4.78 is 5.67. The number of rotatable bonds is 5. The number of amides is 1. The summed E-state index contributed by atoms with van der Waals surface area (Å²) in [7, 11) is 0. The SMILES string of the molecule is CCC(=O)N(Cc1cc2cc(C)cc(C)c2[nH]c1=O)CC1CCCO1. The number of fused-ring (bicyclic) bond motifs is 1. The lowest BCUT2D eigenvalue weighted by Crippen LogP contribution is -2.37. The van der Waals surface area contributed by atoms with Gasteiger partial charge in [0.25, 0.3) is 5.56 Å². The molecule has 1 fully saturated rings. The summed E-state index contributed by atoms with van der Waals surface area (Å²) >= 11 is 0. The topological polar surface area (TPSA) is 62.4 Å². The van der Waals surface area contributed by atoms with Gasteiger partial charge in [-0.05, 0) is 49.8 Å². The van der Waals surface area contributed by atoms with Gasteiger partial charge < -0.3 is 14.6 Å². The van der Waals surface area contributed by atoms with E-state index in [-0.39, 0.29) is 17.6 Å². The van der Waals surface area contributed by atoms with Crippen molar-refractivity contribution in [2.24, 2.45) is 0 Å². The van der Waals surface area contributed by atoms with Gasteiger partial charge in [-0.15, -0.1) is 0 Å². The van der Waals surface area contributed by atoms with Crippen LogP contribution < -0.4 is 5.56 Å². The molecule has 134 valence electrons. The lowest BCUT2D eigenvalue weighted by Gasteiger charge is -2.25. The minimum atomic E-state index is -0.124. The summed E-state index contributed by atoms with van der Waals surface area (Å²) in [6.45, 7) is 7.52. The molecule has 1 unspecified atom stereocenters. The lowest BCUT2D eigenvalue weighted by molar-refractivity contribution is -0.133. The minimum absolute atomic E-state index is 0.0513. The molecule has 1 saturated heterocycles. The number of nitrogens with one attached hydrogen (secondary N) is 1. The quantitative estimate of drug-likeness (QED) is 0.908. The van der Waals surface area contributed by atoms with Crippen LogP contribution in [0.15, 0.2) is 23.0 Å². The molecule has 0 spiro atoms. The number of aromatic amines is 1. The summed E-state index contributed by atoms with van der Waals surface area (Å²) in [6, 6.07) is 6.04. The summed E-state index contributed by atoms with van der Waals surface area (Å²) in [6.07, 6.45) is 2.52. The monoisotopic (exact) mass is 342 g/mol. The Bertz CT molecular complexity index is 835. The molecule has 5 heteroatoms. The van der Waals surface area contributed by atoms with E-state index in [2.05, 4.69) is 17.1 Å². The Morgan fingerprint density at radius 1 is 1.32 bits per heavy atom. The van der Waals surface area contributed by atoms with Crippen LogP contribution in [0.3, 0.4) is 0 Å². The Morgan fingerprint density at radius 2 is 2.12 bits per heavy atom. The van der Waals surface area contributed by atoms with Gasteiger partial charge in [-0.25, -0.2) is 0 Å². The Hall–Kier alpha value is -2.14. The van der Waals surface area contributed by atoms with Gasteiger partial charge in [0.1, 0.15) is 0 Å². The van der Waals surface area contributed by atoms with E-state index < -0.39 is 0 Å². The smallest absolute Gasteiger partial charge is 0.253 e. The molecule has 5 nitrogen and oxygen atoms in total. The van der Waals surface area contributed by atoms with E-state index in [0.717, 1.165) is 41.5 Å². The fourth-order valence-corrected chi connectivity index (χ4v) is 3.57. The first-order chi connectivity index (χ1) is 12.0. The normalized spacial score (nSPS) is 17.2. The van der Waals surface area contributed by atoms with Gasteiger partial charge in [-0.3, -0.25) is 9.59 Å². The molecule has 0 bridgehead atoms. The molecule has 25 heavy (non-hydrogen) atoms. The molecule has 1 atom stereocenters. The second kappa shape index (κ2) is 7.40. The third-order valence-corrected chi connectivity index (χ3v) is 4.83. The zero-order chi connectivity index (χ0) is 18.0. The van der Waals surface area contributed by atoms with Crippen LogP contribution in [0.25, 0.3) is 10.9 Å². The molecule has 3 rings (SSSR count). The van der Waals surface area contributed by atoms with Crippen LogP contribution in [0.1, 0.15) is 42.9 Å². The molecule has 1 aromatic carbocycles. The van der Waals surface area contributed by atoms with Crippen molar-refractivity contribution in [3.05, 3.63) is 45.2 Å². The fraction of sp³-hybridized carbons (Fsp3) is 0.500. The van der Waals surface area contributed by atoms with Gasteiger partial charge in [0.05, 0.1) is 18.2 Å². The first kappa shape index (κ1) is 17.7. The van der Waals surface area contributed by atoms with Gasteiger partial charge in [-0.2, -0.15) is 0 Å². The molecule has 0 aliphatic carbocycles. The number of ether oxygens (including phenoxy) is 1. The van der Waals surface area contributed by atoms with E-state index in [9.17, 15) is 9.59 Å². The van der Waals surface area contributed by atoms with Crippen molar-refractivity contribution < 1.29 is 9.53 Å². The largest absolute Gasteiger partial charge is 0.376 e. The number of pyridine rings is 1. The van der Waals surface area contributed by atoms with Gasteiger partial charge in [0, 0.05) is 25.1 Å². The number of carbonyl (C=O) groups excluding carboxylic acids is 1. The van der Waals surface area contributed by atoms with E-state index in [0.29, 0.717) is 25.1 Å². The maximum atomic E-state index is 12.5. The minimum Gasteiger partial charge on any atom is -0.376 e. The molecule has 0 saturated carbocycles. The Balaban J connectivity index is 1.91. The zero-order valence-corrected chi connectivity index (χ0v) is 15.2. The van der Waals surface area contributed by atoms with Crippen LogP contribution in [0.5, 0.6) is 0 Å². The van der Waals surface area contributed by atoms with Crippen LogP contribution in [0, 0.1) is 13.8 Å². The van der Waals surface area contributed by atoms with Crippen molar-refractivity contribution in [2.75, 3.05) is 13.2 Å². The number of hydrogen-bond acceptors (Lipinski definition) is 3. The number of aryl methyl sites for hydroxylation is 2. The number of H-pyrrole nitrogens is 1. The average Bonchev–Trinajstić information content (AvgIpc) is 3.08. The van der Waals surface area contributed by atoms with E-state index in [1.165, 1.54) is 0 Å². The molecule has 2 heterocycles. The summed E-state index contributed by atoms with van der Waals surface area (Å²) in [5.41, 5.74) is 3.58. The molecule has 1 amide bonds. The highest BCUT2D eigenvalue weighted by Crippen LogP contribution is 2.20. The second-order valence-electron chi connectivity index (χ2n) is 6.93. The maximum absolute atomic E-state index is 12.5. The molecular formula is C20H26N2O3. The molecular weight excluding hydrogens is 316 g/mol. The van der Waals surface area contributed by atoms with Gasteiger partial charge in [-0.1, -0.05) is 18.6 Å². The highest BCUT2D eigenvalue weighted by atomic mass is 16.5. The van der Waals surface area contributed by atoms with Crippen LogP contribution in [-0.4, -0.2) is 35.0 Å². The fourth-order valence-electron chi connectivity index (χ4n) is 3.57. The predicted molar refractivity (Wildman–Crippen MR) is 98.7 cm³/mol. The zero-order valence-electron chi connectivity index (χ0n) is 15.2. The first-order valence-corrected chi connectivity index (χ1v) is 9.00. The molecule has 2 aromatic rings. The van der Waals surface area contributed by atoms with Crippen LogP contribution >= 0.6 is 0 Å². The maximum Gasteiger partial charge on any atom is 0.253 e. The van der Waals surface area contributed by atoms with Gasteiger partial charge in [0.15, 0.2) is 0 Å². The lowest BCUT2D eigenvalue weighted by atomic mass is 10.0. The number of aromatic nitrogens is 1. The third-order valence-electron chi connectivity index (χ3n) is 4.83. The standard InChI is InChI=1S/C20H26N2O3/c1-4-18(23)22(12-17-6-5-7-25-17)11-16-10-15-9-13(2)8-14(3)19(15)21-20(16)24/h8-10,17H,4-7,11-12H2,1-3H3,(H,21,24). The van der Waals surface area contributed by atoms with Crippen LogP contribution in [0.4, 0.5) is 0 Å². The van der Waals surface area contributed by atoms with Crippen molar-refractivity contribution in [2.45, 2.75) is 52.7 Å². The van der Waals surface area contributed by atoms with Crippen LogP contribution in [0.2, 0.25) is 0 Å². The van der Waals surface area contributed by atoms with Crippen molar-refractivity contribution >= 4 is 16.8 Å².